The third-order valence-corrected chi connectivity index (χ3v) is 4.74. The van der Waals surface area contributed by atoms with E-state index in [0.29, 0.717) is 6.54 Å². The minimum absolute atomic E-state index is 0. The Labute approximate surface area is 120 Å². The molecule has 1 saturated heterocycles. The lowest BCUT2D eigenvalue weighted by molar-refractivity contribution is 0.232. The van der Waals surface area contributed by atoms with E-state index in [1.165, 1.54) is 12.5 Å². The monoisotopic (exact) mass is 308 g/mol. The average molecular weight is 309 g/mol. The summed E-state index contributed by atoms with van der Waals surface area (Å²) < 4.78 is 28.3. The van der Waals surface area contributed by atoms with Gasteiger partial charge in [0.25, 0.3) is 10.0 Å². The number of piperidine rings is 1. The van der Waals surface area contributed by atoms with Gasteiger partial charge < -0.3 is 9.88 Å². The molecule has 0 spiro atoms. The average Bonchev–Trinajstić information content (AvgIpc) is 2.76. The summed E-state index contributed by atoms with van der Waals surface area (Å²) in [6.07, 6.45) is 4.96. The summed E-state index contributed by atoms with van der Waals surface area (Å²) in [6, 6.07) is 0. The van der Waals surface area contributed by atoms with Crippen LogP contribution in [0.1, 0.15) is 19.8 Å². The van der Waals surface area contributed by atoms with E-state index in [0.717, 1.165) is 25.9 Å². The fourth-order valence-corrected chi connectivity index (χ4v) is 3.26. The number of aryl methyl sites for hydroxylation is 1. The second-order valence-corrected chi connectivity index (χ2v) is 6.98. The van der Waals surface area contributed by atoms with Crippen molar-refractivity contribution in [3.63, 3.8) is 0 Å². The first-order chi connectivity index (χ1) is 8.41. The molecule has 1 aliphatic heterocycles. The molecule has 110 valence electrons. The maximum absolute atomic E-state index is 12.0. The summed E-state index contributed by atoms with van der Waals surface area (Å²) in [5, 5.41) is 3.36. The molecular weight excluding hydrogens is 288 g/mol. The highest BCUT2D eigenvalue weighted by Crippen LogP contribution is 2.27. The Kier molecular flexibility index (Phi) is 5.37. The molecule has 1 aromatic heterocycles. The molecule has 1 aromatic rings. The summed E-state index contributed by atoms with van der Waals surface area (Å²) >= 11 is 0. The summed E-state index contributed by atoms with van der Waals surface area (Å²) in [5.41, 5.74) is 0.0348. The zero-order valence-electron chi connectivity index (χ0n) is 11.2. The van der Waals surface area contributed by atoms with Gasteiger partial charge in [0, 0.05) is 19.8 Å². The number of sulfonamides is 1. The molecule has 2 heterocycles. The number of nitrogens with zero attached hydrogens (tertiary/aromatic N) is 2. The predicted molar refractivity (Wildman–Crippen MR) is 75.9 cm³/mol. The van der Waals surface area contributed by atoms with Gasteiger partial charge in [-0.15, -0.1) is 12.4 Å². The molecule has 1 fully saturated rings. The van der Waals surface area contributed by atoms with Crippen LogP contribution in [0.15, 0.2) is 17.6 Å². The highest BCUT2D eigenvalue weighted by molar-refractivity contribution is 7.89. The van der Waals surface area contributed by atoms with E-state index >= 15 is 0 Å². The van der Waals surface area contributed by atoms with Gasteiger partial charge in [-0.05, 0) is 31.3 Å². The van der Waals surface area contributed by atoms with Crippen molar-refractivity contribution in [1.82, 2.24) is 19.6 Å². The zero-order chi connectivity index (χ0) is 13.2. The van der Waals surface area contributed by atoms with Crippen molar-refractivity contribution in [3.05, 3.63) is 12.5 Å². The van der Waals surface area contributed by atoms with Gasteiger partial charge in [0.2, 0.25) is 0 Å². The topological polar surface area (TPSA) is 76.0 Å². The molecule has 2 N–H and O–H groups in total. The standard InChI is InChI=1S/C11H20N4O2S.ClH/c1-11(3-5-12-6-4-11)8-14-18(16,17)10-7-15(2)9-13-10;/h7,9,12,14H,3-6,8H2,1-2H3;1H. The number of hydrogen-bond donors (Lipinski definition) is 2. The molecule has 0 unspecified atom stereocenters. The molecule has 0 aliphatic carbocycles. The molecule has 6 nitrogen and oxygen atoms in total. The fourth-order valence-electron chi connectivity index (χ4n) is 2.08. The zero-order valence-corrected chi connectivity index (χ0v) is 12.9. The highest BCUT2D eigenvalue weighted by Gasteiger charge is 2.29. The Hall–Kier alpha value is -0.630. The molecule has 0 atom stereocenters. The van der Waals surface area contributed by atoms with Crippen LogP contribution in [-0.4, -0.2) is 37.6 Å². The Morgan fingerprint density at radius 1 is 1.47 bits per heavy atom. The fraction of sp³-hybridized carbons (Fsp3) is 0.727. The van der Waals surface area contributed by atoms with Crippen molar-refractivity contribution >= 4 is 22.4 Å². The van der Waals surface area contributed by atoms with E-state index < -0.39 is 10.0 Å². The van der Waals surface area contributed by atoms with Gasteiger partial charge in [0.1, 0.15) is 0 Å². The number of aromatic nitrogens is 2. The molecule has 0 amide bonds. The van der Waals surface area contributed by atoms with E-state index in [1.54, 1.807) is 11.6 Å². The van der Waals surface area contributed by atoms with Crippen molar-refractivity contribution < 1.29 is 8.42 Å². The lowest BCUT2D eigenvalue weighted by atomic mass is 9.81. The van der Waals surface area contributed by atoms with Gasteiger partial charge in [0.05, 0.1) is 6.33 Å². The molecule has 0 radical (unpaired) electrons. The Balaban J connectivity index is 0.00000180. The number of hydrogen-bond acceptors (Lipinski definition) is 4. The highest BCUT2D eigenvalue weighted by atomic mass is 35.5. The Bertz CT molecular complexity index is 509. The van der Waals surface area contributed by atoms with Gasteiger partial charge >= 0.3 is 0 Å². The van der Waals surface area contributed by atoms with Crippen molar-refractivity contribution in [2.75, 3.05) is 19.6 Å². The third kappa shape index (κ3) is 4.17. The van der Waals surface area contributed by atoms with Gasteiger partial charge in [-0.25, -0.2) is 18.1 Å². The molecule has 0 bridgehead atoms. The van der Waals surface area contributed by atoms with Crippen LogP contribution in [0.25, 0.3) is 0 Å². The molecular formula is C11H21ClN4O2S. The molecule has 8 heteroatoms. The van der Waals surface area contributed by atoms with Crippen LogP contribution in [-0.2, 0) is 17.1 Å². The first-order valence-electron chi connectivity index (χ1n) is 6.10. The minimum atomic E-state index is -3.48. The SMILES string of the molecule is Cl.Cn1cnc(S(=O)(=O)NCC2(C)CCNCC2)c1. The Morgan fingerprint density at radius 2 is 2.11 bits per heavy atom. The van der Waals surface area contributed by atoms with E-state index in [2.05, 4.69) is 21.9 Å². The van der Waals surface area contributed by atoms with Crippen LogP contribution < -0.4 is 10.0 Å². The smallest absolute Gasteiger partial charge is 0.259 e. The van der Waals surface area contributed by atoms with E-state index in [4.69, 9.17) is 0 Å². The Morgan fingerprint density at radius 3 is 2.63 bits per heavy atom. The minimum Gasteiger partial charge on any atom is -0.339 e. The van der Waals surface area contributed by atoms with E-state index in [1.807, 2.05) is 0 Å². The molecule has 0 aromatic carbocycles. The lowest BCUT2D eigenvalue weighted by Crippen LogP contribution is -2.42. The van der Waals surface area contributed by atoms with Crippen LogP contribution in [0.2, 0.25) is 0 Å². The maximum Gasteiger partial charge on any atom is 0.259 e. The van der Waals surface area contributed by atoms with Crippen molar-refractivity contribution in [2.45, 2.75) is 24.8 Å². The number of rotatable bonds is 4. The summed E-state index contributed by atoms with van der Waals surface area (Å²) in [6.45, 7) is 4.48. The van der Waals surface area contributed by atoms with Crippen molar-refractivity contribution in [1.29, 1.82) is 0 Å². The van der Waals surface area contributed by atoms with E-state index in [9.17, 15) is 8.42 Å². The summed E-state index contributed by atoms with van der Waals surface area (Å²) in [4.78, 5) is 3.87. The molecule has 0 saturated carbocycles. The van der Waals surface area contributed by atoms with Crippen LogP contribution in [0.4, 0.5) is 0 Å². The van der Waals surface area contributed by atoms with Gasteiger partial charge in [-0.2, -0.15) is 0 Å². The quantitative estimate of drug-likeness (QED) is 0.850. The first kappa shape index (κ1) is 16.4. The number of nitrogens with one attached hydrogen (secondary N) is 2. The van der Waals surface area contributed by atoms with Crippen LogP contribution in [0, 0.1) is 5.41 Å². The lowest BCUT2D eigenvalue weighted by Gasteiger charge is -2.33. The summed E-state index contributed by atoms with van der Waals surface area (Å²) in [5.74, 6) is 0. The van der Waals surface area contributed by atoms with Gasteiger partial charge in [-0.1, -0.05) is 6.92 Å². The largest absolute Gasteiger partial charge is 0.339 e. The van der Waals surface area contributed by atoms with Crippen molar-refractivity contribution in [3.8, 4) is 0 Å². The van der Waals surface area contributed by atoms with Crippen molar-refractivity contribution in [2.24, 2.45) is 12.5 Å². The number of imidazole rings is 1. The summed E-state index contributed by atoms with van der Waals surface area (Å²) in [7, 11) is -1.73. The molecule has 1 aliphatic rings. The van der Waals surface area contributed by atoms with Gasteiger partial charge in [0.15, 0.2) is 5.03 Å². The third-order valence-electron chi connectivity index (χ3n) is 3.46. The van der Waals surface area contributed by atoms with Crippen LogP contribution in [0.3, 0.4) is 0 Å². The maximum atomic E-state index is 12.0. The second kappa shape index (κ2) is 6.21. The van der Waals surface area contributed by atoms with Gasteiger partial charge in [-0.3, -0.25) is 0 Å². The van der Waals surface area contributed by atoms with Crippen LogP contribution in [0.5, 0.6) is 0 Å². The normalized spacial score (nSPS) is 18.8. The van der Waals surface area contributed by atoms with E-state index in [-0.39, 0.29) is 22.8 Å². The second-order valence-electron chi connectivity index (χ2n) is 5.26. The molecule has 19 heavy (non-hydrogen) atoms. The van der Waals surface area contributed by atoms with Crippen LogP contribution >= 0.6 is 12.4 Å². The predicted octanol–water partition coefficient (Wildman–Crippen LogP) is 0.510. The first-order valence-corrected chi connectivity index (χ1v) is 7.58. The molecule has 2 rings (SSSR count). The number of halogens is 1.